The molecule has 0 radical (unpaired) electrons. The first-order valence-electron chi connectivity index (χ1n) is 5.54. The molecule has 0 saturated carbocycles. The lowest BCUT2D eigenvalue weighted by Crippen LogP contribution is -1.90. The second-order valence-electron chi connectivity index (χ2n) is 3.51. The fraction of sp³-hybridized carbons (Fsp3) is 0.500. The van der Waals surface area contributed by atoms with Gasteiger partial charge in [0.1, 0.15) is 0 Å². The first-order valence-corrected chi connectivity index (χ1v) is 10.2. The van der Waals surface area contributed by atoms with Crippen molar-refractivity contribution in [2.75, 3.05) is 11.5 Å². The highest BCUT2D eigenvalue weighted by Crippen LogP contribution is 2.42. The number of thioether (sulfide) groups is 2. The van der Waals surface area contributed by atoms with Gasteiger partial charge in [-0.1, -0.05) is 13.8 Å². The van der Waals surface area contributed by atoms with Gasteiger partial charge < -0.3 is 0 Å². The molecule has 0 aliphatic rings. The SMILES string of the molecule is CCCSc1c(Br)cc(Br)c(SCCC)c1I. The van der Waals surface area contributed by atoms with Crippen molar-refractivity contribution in [3.63, 3.8) is 0 Å². The monoisotopic (exact) mass is 508 g/mol. The molecule has 0 heterocycles. The Morgan fingerprint density at radius 2 is 1.41 bits per heavy atom. The third-order valence-electron chi connectivity index (χ3n) is 1.99. The minimum Gasteiger partial charge on any atom is -0.124 e. The third kappa shape index (κ3) is 4.89. The fourth-order valence-corrected chi connectivity index (χ4v) is 7.07. The average molecular weight is 510 g/mol. The van der Waals surface area contributed by atoms with E-state index >= 15 is 0 Å². The Labute approximate surface area is 143 Å². The van der Waals surface area contributed by atoms with Gasteiger partial charge in [-0.25, -0.2) is 0 Å². The number of hydrogen-bond donors (Lipinski definition) is 0. The van der Waals surface area contributed by atoms with Gasteiger partial charge in [-0.3, -0.25) is 0 Å². The summed E-state index contributed by atoms with van der Waals surface area (Å²) in [4.78, 5) is 2.77. The van der Waals surface area contributed by atoms with Crippen LogP contribution in [-0.4, -0.2) is 11.5 Å². The van der Waals surface area contributed by atoms with Gasteiger partial charge in [0, 0.05) is 22.3 Å². The maximum atomic E-state index is 3.67. The minimum absolute atomic E-state index is 1.17. The first-order chi connectivity index (χ1) is 8.11. The van der Waals surface area contributed by atoms with Crippen LogP contribution in [0.3, 0.4) is 0 Å². The molecule has 0 nitrogen and oxygen atoms in total. The van der Waals surface area contributed by atoms with Gasteiger partial charge in [0.15, 0.2) is 0 Å². The summed E-state index contributed by atoms with van der Waals surface area (Å²) in [5.41, 5.74) is 0. The van der Waals surface area contributed by atoms with Gasteiger partial charge in [-0.05, 0) is 84.9 Å². The van der Waals surface area contributed by atoms with Gasteiger partial charge in [-0.15, -0.1) is 23.5 Å². The van der Waals surface area contributed by atoms with E-state index in [0.29, 0.717) is 0 Å². The molecule has 0 spiro atoms. The molecule has 0 atom stereocenters. The van der Waals surface area contributed by atoms with Crippen molar-refractivity contribution in [1.82, 2.24) is 0 Å². The summed E-state index contributed by atoms with van der Waals surface area (Å²) in [7, 11) is 0. The molecular formula is C12H15Br2IS2. The Balaban J connectivity index is 3.04. The molecule has 0 saturated heterocycles. The summed E-state index contributed by atoms with van der Waals surface area (Å²) in [5, 5.41) is 0. The van der Waals surface area contributed by atoms with Gasteiger partial charge in [0.05, 0.1) is 0 Å². The molecular weight excluding hydrogens is 495 g/mol. The van der Waals surface area contributed by atoms with E-state index in [9.17, 15) is 0 Å². The Morgan fingerprint density at radius 1 is 1.00 bits per heavy atom. The minimum atomic E-state index is 1.17. The lowest BCUT2D eigenvalue weighted by Gasteiger charge is -2.13. The standard InChI is InChI=1S/C12H15Br2IS2/c1-3-5-16-11-8(13)7-9(14)12(10(11)15)17-6-4-2/h7H,3-6H2,1-2H3. The molecule has 1 aromatic carbocycles. The second kappa shape index (κ2) is 8.72. The zero-order valence-electron chi connectivity index (χ0n) is 9.86. The maximum absolute atomic E-state index is 3.67. The van der Waals surface area contributed by atoms with Crippen molar-refractivity contribution >= 4 is 78.0 Å². The lowest BCUT2D eigenvalue weighted by atomic mass is 10.4. The zero-order chi connectivity index (χ0) is 12.8. The van der Waals surface area contributed by atoms with Crippen molar-refractivity contribution in [2.24, 2.45) is 0 Å². The quantitative estimate of drug-likeness (QED) is 0.305. The molecule has 96 valence electrons. The van der Waals surface area contributed by atoms with Crippen molar-refractivity contribution in [2.45, 2.75) is 36.5 Å². The van der Waals surface area contributed by atoms with Crippen molar-refractivity contribution in [3.05, 3.63) is 18.6 Å². The number of benzene rings is 1. The molecule has 1 rings (SSSR count). The topological polar surface area (TPSA) is 0 Å². The largest absolute Gasteiger partial charge is 0.124 e. The second-order valence-corrected chi connectivity index (χ2v) is 8.51. The number of halogens is 3. The highest BCUT2D eigenvalue weighted by molar-refractivity contribution is 14.1. The number of rotatable bonds is 6. The Kier molecular flexibility index (Phi) is 8.54. The Morgan fingerprint density at radius 3 is 1.76 bits per heavy atom. The average Bonchev–Trinajstić information content (AvgIpc) is 2.28. The van der Waals surface area contributed by atoms with E-state index in [1.807, 2.05) is 23.5 Å². The fourth-order valence-electron chi connectivity index (χ4n) is 1.23. The molecule has 5 heteroatoms. The van der Waals surface area contributed by atoms with Crippen LogP contribution in [0.5, 0.6) is 0 Å². The molecule has 0 fully saturated rings. The molecule has 0 unspecified atom stereocenters. The van der Waals surface area contributed by atoms with E-state index in [-0.39, 0.29) is 0 Å². The van der Waals surface area contributed by atoms with E-state index in [0.717, 1.165) is 0 Å². The van der Waals surface area contributed by atoms with Crippen LogP contribution < -0.4 is 0 Å². The summed E-state index contributed by atoms with van der Waals surface area (Å²) in [6.45, 7) is 4.44. The molecule has 0 N–H and O–H groups in total. The van der Waals surface area contributed by atoms with Gasteiger partial charge >= 0.3 is 0 Å². The number of hydrogen-bond acceptors (Lipinski definition) is 2. The predicted molar refractivity (Wildman–Crippen MR) is 96.6 cm³/mol. The summed E-state index contributed by atoms with van der Waals surface area (Å²) < 4.78 is 3.78. The highest BCUT2D eigenvalue weighted by atomic mass is 127. The first kappa shape index (κ1) is 16.7. The Bertz CT molecular complexity index is 351. The molecule has 17 heavy (non-hydrogen) atoms. The third-order valence-corrected chi connectivity index (χ3v) is 8.22. The van der Waals surface area contributed by atoms with E-state index in [4.69, 9.17) is 0 Å². The summed E-state index contributed by atoms with van der Waals surface area (Å²) in [5.74, 6) is 2.35. The van der Waals surface area contributed by atoms with Crippen LogP contribution in [0.25, 0.3) is 0 Å². The zero-order valence-corrected chi connectivity index (χ0v) is 16.8. The molecule has 1 aromatic rings. The molecule has 0 aliphatic carbocycles. The molecule has 0 aromatic heterocycles. The molecule has 0 bridgehead atoms. The summed E-state index contributed by atoms with van der Waals surface area (Å²) >= 11 is 13.7. The highest BCUT2D eigenvalue weighted by Gasteiger charge is 2.14. The smallest absolute Gasteiger partial charge is 0.0425 e. The molecule has 0 amide bonds. The van der Waals surface area contributed by atoms with Crippen LogP contribution in [-0.2, 0) is 0 Å². The van der Waals surface area contributed by atoms with Crippen LogP contribution in [0.2, 0.25) is 0 Å². The van der Waals surface area contributed by atoms with Gasteiger partial charge in [-0.2, -0.15) is 0 Å². The Hall–Kier alpha value is 1.61. The van der Waals surface area contributed by atoms with Crippen LogP contribution in [0.4, 0.5) is 0 Å². The lowest BCUT2D eigenvalue weighted by molar-refractivity contribution is 1.09. The molecule has 0 aliphatic heterocycles. The summed E-state index contributed by atoms with van der Waals surface area (Å²) in [6, 6.07) is 2.18. The summed E-state index contributed by atoms with van der Waals surface area (Å²) in [6.07, 6.45) is 2.42. The predicted octanol–water partition coefficient (Wildman–Crippen LogP) is 6.82. The van der Waals surface area contributed by atoms with E-state index in [1.165, 1.54) is 46.7 Å². The van der Waals surface area contributed by atoms with E-state index in [2.05, 4.69) is 74.4 Å². The van der Waals surface area contributed by atoms with Crippen molar-refractivity contribution in [3.8, 4) is 0 Å². The van der Waals surface area contributed by atoms with Crippen LogP contribution in [0.15, 0.2) is 24.8 Å². The normalized spacial score (nSPS) is 10.9. The van der Waals surface area contributed by atoms with Crippen LogP contribution >= 0.6 is 78.0 Å². The van der Waals surface area contributed by atoms with E-state index < -0.39 is 0 Å². The van der Waals surface area contributed by atoms with E-state index in [1.54, 1.807) is 0 Å². The van der Waals surface area contributed by atoms with Crippen molar-refractivity contribution < 1.29 is 0 Å². The van der Waals surface area contributed by atoms with Gasteiger partial charge in [0.25, 0.3) is 0 Å². The van der Waals surface area contributed by atoms with Crippen LogP contribution in [0, 0.1) is 3.57 Å². The van der Waals surface area contributed by atoms with Gasteiger partial charge in [0.2, 0.25) is 0 Å². The maximum Gasteiger partial charge on any atom is 0.0425 e. The van der Waals surface area contributed by atoms with Crippen LogP contribution in [0.1, 0.15) is 26.7 Å². The van der Waals surface area contributed by atoms with Crippen molar-refractivity contribution in [1.29, 1.82) is 0 Å².